The molecule has 1 rings (SSSR count). The molecule has 0 fully saturated rings. The predicted octanol–water partition coefficient (Wildman–Crippen LogP) is 1.85. The van der Waals surface area contributed by atoms with Crippen molar-refractivity contribution in [2.24, 2.45) is 11.8 Å². The number of aliphatic carboxylic acids is 1. The maximum atomic E-state index is 11.6. The third-order valence-corrected chi connectivity index (χ3v) is 3.09. The predicted molar refractivity (Wildman–Crippen MR) is 75.6 cm³/mol. The molecule has 0 heterocycles. The van der Waals surface area contributed by atoms with E-state index < -0.39 is 11.9 Å². The molecule has 0 aliphatic rings. The number of hydrogen-bond donors (Lipinski definition) is 2. The van der Waals surface area contributed by atoms with Crippen LogP contribution >= 0.6 is 0 Å². The minimum absolute atomic E-state index is 0.0370. The number of carbonyl (C=O) groups excluding carboxylic acids is 1. The fraction of sp³-hybridized carbons (Fsp3) is 0.467. The number of benzene rings is 1. The Bertz CT molecular complexity index is 471. The average Bonchev–Trinajstić information content (AvgIpc) is 2.37. The van der Waals surface area contributed by atoms with Crippen molar-refractivity contribution in [3.05, 3.63) is 29.8 Å². The highest BCUT2D eigenvalue weighted by Crippen LogP contribution is 2.15. The SMILES string of the molecule is Cc1ccccc1OCC(=O)NCC(C(=O)O)C(C)C. The topological polar surface area (TPSA) is 75.6 Å². The molecule has 1 atom stereocenters. The Labute approximate surface area is 118 Å². The second-order valence-corrected chi connectivity index (χ2v) is 5.05. The Kier molecular flexibility index (Phi) is 6.03. The van der Waals surface area contributed by atoms with Crippen LogP contribution in [0.3, 0.4) is 0 Å². The lowest BCUT2D eigenvalue weighted by Gasteiger charge is -2.17. The molecule has 0 bridgehead atoms. The molecule has 1 aromatic rings. The van der Waals surface area contributed by atoms with Gasteiger partial charge in [-0.05, 0) is 24.5 Å². The van der Waals surface area contributed by atoms with Gasteiger partial charge in [-0.2, -0.15) is 0 Å². The van der Waals surface area contributed by atoms with Crippen LogP contribution in [0.1, 0.15) is 19.4 Å². The standard InChI is InChI=1S/C15H21NO4/c1-10(2)12(15(18)19)8-16-14(17)9-20-13-7-5-4-6-11(13)3/h4-7,10,12H,8-9H2,1-3H3,(H,16,17)(H,18,19). The molecule has 2 N–H and O–H groups in total. The van der Waals surface area contributed by atoms with E-state index in [1.165, 1.54) is 0 Å². The highest BCUT2D eigenvalue weighted by molar-refractivity contribution is 5.78. The van der Waals surface area contributed by atoms with E-state index in [0.717, 1.165) is 5.56 Å². The number of hydrogen-bond acceptors (Lipinski definition) is 3. The lowest BCUT2D eigenvalue weighted by atomic mass is 9.96. The maximum absolute atomic E-state index is 11.6. The van der Waals surface area contributed by atoms with Gasteiger partial charge in [0.25, 0.3) is 5.91 Å². The lowest BCUT2D eigenvalue weighted by Crippen LogP contribution is -2.37. The molecule has 0 radical (unpaired) electrons. The van der Waals surface area contributed by atoms with Crippen LogP contribution in [0.2, 0.25) is 0 Å². The number of carboxylic acid groups (broad SMARTS) is 1. The van der Waals surface area contributed by atoms with Crippen LogP contribution in [-0.2, 0) is 9.59 Å². The van der Waals surface area contributed by atoms with E-state index in [0.29, 0.717) is 5.75 Å². The smallest absolute Gasteiger partial charge is 0.308 e. The van der Waals surface area contributed by atoms with Crippen molar-refractivity contribution in [1.82, 2.24) is 5.32 Å². The molecule has 0 aromatic heterocycles. The van der Waals surface area contributed by atoms with Gasteiger partial charge in [-0.1, -0.05) is 32.0 Å². The van der Waals surface area contributed by atoms with Gasteiger partial charge in [0.2, 0.25) is 0 Å². The van der Waals surface area contributed by atoms with Crippen molar-refractivity contribution in [2.45, 2.75) is 20.8 Å². The maximum Gasteiger partial charge on any atom is 0.308 e. The highest BCUT2D eigenvalue weighted by Gasteiger charge is 2.21. The van der Waals surface area contributed by atoms with E-state index in [-0.39, 0.29) is 25.0 Å². The van der Waals surface area contributed by atoms with Crippen molar-refractivity contribution >= 4 is 11.9 Å². The number of para-hydroxylation sites is 1. The fourth-order valence-corrected chi connectivity index (χ4v) is 1.74. The summed E-state index contributed by atoms with van der Waals surface area (Å²) < 4.78 is 5.39. The molecule has 5 heteroatoms. The van der Waals surface area contributed by atoms with Crippen LogP contribution < -0.4 is 10.1 Å². The van der Waals surface area contributed by atoms with Gasteiger partial charge >= 0.3 is 5.97 Å². The third kappa shape index (κ3) is 4.91. The number of rotatable bonds is 7. The first-order valence-corrected chi connectivity index (χ1v) is 6.59. The number of nitrogens with one attached hydrogen (secondary N) is 1. The van der Waals surface area contributed by atoms with Crippen molar-refractivity contribution in [1.29, 1.82) is 0 Å². The van der Waals surface area contributed by atoms with Gasteiger partial charge in [0.05, 0.1) is 5.92 Å². The Morgan fingerprint density at radius 2 is 1.95 bits per heavy atom. The minimum atomic E-state index is -0.903. The molecule has 0 aliphatic carbocycles. The quantitative estimate of drug-likeness (QED) is 0.798. The van der Waals surface area contributed by atoms with Crippen LogP contribution in [-0.4, -0.2) is 30.1 Å². The first kappa shape index (κ1) is 16.0. The zero-order valence-electron chi connectivity index (χ0n) is 12.1. The van der Waals surface area contributed by atoms with Gasteiger partial charge in [-0.15, -0.1) is 0 Å². The summed E-state index contributed by atoms with van der Waals surface area (Å²) in [7, 11) is 0. The van der Waals surface area contributed by atoms with Crippen molar-refractivity contribution < 1.29 is 19.4 Å². The third-order valence-electron chi connectivity index (χ3n) is 3.09. The van der Waals surface area contributed by atoms with Gasteiger partial charge < -0.3 is 15.2 Å². The van der Waals surface area contributed by atoms with Crippen LogP contribution in [0.4, 0.5) is 0 Å². The van der Waals surface area contributed by atoms with Crippen LogP contribution in [0, 0.1) is 18.8 Å². The molecule has 5 nitrogen and oxygen atoms in total. The summed E-state index contributed by atoms with van der Waals surface area (Å²) in [6.45, 7) is 5.52. The fourth-order valence-electron chi connectivity index (χ4n) is 1.74. The van der Waals surface area contributed by atoms with Crippen molar-refractivity contribution in [2.75, 3.05) is 13.2 Å². The monoisotopic (exact) mass is 279 g/mol. The first-order chi connectivity index (χ1) is 9.41. The summed E-state index contributed by atoms with van der Waals surface area (Å²) in [5.41, 5.74) is 0.950. The average molecular weight is 279 g/mol. The van der Waals surface area contributed by atoms with Gasteiger partial charge in [-0.3, -0.25) is 9.59 Å². The first-order valence-electron chi connectivity index (χ1n) is 6.59. The normalized spacial score (nSPS) is 12.0. The lowest BCUT2D eigenvalue weighted by molar-refractivity contribution is -0.143. The van der Waals surface area contributed by atoms with Gasteiger partial charge in [0.15, 0.2) is 6.61 Å². The Balaban J connectivity index is 2.41. The Morgan fingerprint density at radius 1 is 1.30 bits per heavy atom. The van der Waals surface area contributed by atoms with E-state index in [1.54, 1.807) is 6.07 Å². The van der Waals surface area contributed by atoms with Gasteiger partial charge in [0.1, 0.15) is 5.75 Å². The van der Waals surface area contributed by atoms with Crippen LogP contribution in [0.5, 0.6) is 5.75 Å². The summed E-state index contributed by atoms with van der Waals surface area (Å²) in [6, 6.07) is 7.41. The molecule has 0 spiro atoms. The molecule has 1 unspecified atom stereocenters. The summed E-state index contributed by atoms with van der Waals surface area (Å²) >= 11 is 0. The number of carbonyl (C=O) groups is 2. The zero-order chi connectivity index (χ0) is 15.1. The second-order valence-electron chi connectivity index (χ2n) is 5.05. The number of carboxylic acids is 1. The van der Waals surface area contributed by atoms with Crippen LogP contribution in [0.25, 0.3) is 0 Å². The largest absolute Gasteiger partial charge is 0.484 e. The molecule has 1 aromatic carbocycles. The van der Waals surface area contributed by atoms with E-state index in [9.17, 15) is 9.59 Å². The minimum Gasteiger partial charge on any atom is -0.484 e. The number of amides is 1. The Hall–Kier alpha value is -2.04. The van der Waals surface area contributed by atoms with E-state index in [2.05, 4.69) is 5.32 Å². The molecular formula is C15H21NO4. The highest BCUT2D eigenvalue weighted by atomic mass is 16.5. The van der Waals surface area contributed by atoms with Crippen molar-refractivity contribution in [3.63, 3.8) is 0 Å². The van der Waals surface area contributed by atoms with E-state index >= 15 is 0 Å². The summed E-state index contributed by atoms with van der Waals surface area (Å²) in [4.78, 5) is 22.6. The molecule has 20 heavy (non-hydrogen) atoms. The van der Waals surface area contributed by atoms with Gasteiger partial charge in [0, 0.05) is 6.54 Å². The zero-order valence-corrected chi connectivity index (χ0v) is 12.1. The summed E-state index contributed by atoms with van der Waals surface area (Å²) in [5, 5.41) is 11.6. The van der Waals surface area contributed by atoms with E-state index in [1.807, 2.05) is 39.0 Å². The van der Waals surface area contributed by atoms with Crippen LogP contribution in [0.15, 0.2) is 24.3 Å². The van der Waals surface area contributed by atoms with Crippen molar-refractivity contribution in [3.8, 4) is 5.75 Å². The summed E-state index contributed by atoms with van der Waals surface area (Å²) in [6.07, 6.45) is 0. The number of aryl methyl sites for hydroxylation is 1. The number of ether oxygens (including phenoxy) is 1. The second kappa shape index (κ2) is 7.53. The van der Waals surface area contributed by atoms with E-state index in [4.69, 9.17) is 9.84 Å². The summed E-state index contributed by atoms with van der Waals surface area (Å²) in [5.74, 6) is -1.19. The molecular weight excluding hydrogens is 258 g/mol. The molecule has 1 amide bonds. The Morgan fingerprint density at radius 3 is 2.50 bits per heavy atom. The van der Waals surface area contributed by atoms with Gasteiger partial charge in [-0.25, -0.2) is 0 Å². The molecule has 0 aliphatic heterocycles. The molecule has 0 saturated heterocycles. The molecule has 110 valence electrons. The molecule has 0 saturated carbocycles.